The molecular weight excluding hydrogens is 256 g/mol. The second-order valence-electron chi connectivity index (χ2n) is 7.51. The molecule has 1 heterocycles. The first-order chi connectivity index (χ1) is 9.94. The number of nitrogens with one attached hydrogen (secondary N) is 1. The predicted molar refractivity (Wildman–Crippen MR) is 91.5 cm³/mol. The van der Waals surface area contributed by atoms with Gasteiger partial charge in [0.15, 0.2) is 0 Å². The summed E-state index contributed by atoms with van der Waals surface area (Å²) in [5, 5.41) is 3.74. The smallest absolute Gasteiger partial charge is 0.0449 e. The Bertz CT molecular complexity index is 424. The Kier molecular flexibility index (Phi) is 5.45. The lowest BCUT2D eigenvalue weighted by Crippen LogP contribution is -2.55. The van der Waals surface area contributed by atoms with Crippen molar-refractivity contribution < 1.29 is 0 Å². The summed E-state index contributed by atoms with van der Waals surface area (Å²) in [6.07, 6.45) is 1.22. The lowest BCUT2D eigenvalue weighted by Gasteiger charge is -2.45. The van der Waals surface area contributed by atoms with Gasteiger partial charge in [0.1, 0.15) is 0 Å². The van der Waals surface area contributed by atoms with Crippen LogP contribution in [-0.4, -0.2) is 30.6 Å². The molecule has 1 aromatic carbocycles. The van der Waals surface area contributed by atoms with Crippen molar-refractivity contribution in [3.05, 3.63) is 35.9 Å². The number of hydrogen-bond acceptors (Lipinski definition) is 2. The summed E-state index contributed by atoms with van der Waals surface area (Å²) in [5.74, 6) is 0.708. The molecule has 2 heteroatoms. The maximum Gasteiger partial charge on any atom is 0.0449 e. The largest absolute Gasteiger partial charge is 0.307 e. The van der Waals surface area contributed by atoms with E-state index in [1.54, 1.807) is 0 Å². The van der Waals surface area contributed by atoms with Crippen LogP contribution in [0.3, 0.4) is 0 Å². The van der Waals surface area contributed by atoms with Crippen molar-refractivity contribution in [3.63, 3.8) is 0 Å². The quantitative estimate of drug-likeness (QED) is 0.878. The van der Waals surface area contributed by atoms with E-state index in [2.05, 4.69) is 75.2 Å². The van der Waals surface area contributed by atoms with E-state index in [4.69, 9.17) is 0 Å². The van der Waals surface area contributed by atoms with Crippen molar-refractivity contribution in [1.82, 2.24) is 10.2 Å². The number of benzene rings is 1. The highest BCUT2D eigenvalue weighted by molar-refractivity contribution is 5.20. The van der Waals surface area contributed by atoms with Crippen molar-refractivity contribution in [2.45, 2.75) is 53.1 Å². The first-order valence-corrected chi connectivity index (χ1v) is 8.46. The third-order valence-electron chi connectivity index (χ3n) is 5.38. The molecule has 0 bridgehead atoms. The highest BCUT2D eigenvalue weighted by atomic mass is 15.2. The summed E-state index contributed by atoms with van der Waals surface area (Å²) >= 11 is 0. The van der Waals surface area contributed by atoms with Crippen LogP contribution in [0.4, 0.5) is 0 Å². The monoisotopic (exact) mass is 288 g/mol. The second kappa shape index (κ2) is 6.93. The molecule has 1 aliphatic rings. The fourth-order valence-corrected chi connectivity index (χ4v) is 3.07. The van der Waals surface area contributed by atoms with Crippen molar-refractivity contribution in [2.75, 3.05) is 19.6 Å². The van der Waals surface area contributed by atoms with Crippen molar-refractivity contribution in [1.29, 1.82) is 0 Å². The minimum absolute atomic E-state index is 0.367. The Morgan fingerprint density at radius 2 is 1.90 bits per heavy atom. The van der Waals surface area contributed by atoms with Gasteiger partial charge < -0.3 is 5.32 Å². The zero-order valence-electron chi connectivity index (χ0n) is 14.4. The molecule has 0 spiro atoms. The molecule has 2 rings (SSSR count). The van der Waals surface area contributed by atoms with E-state index in [-0.39, 0.29) is 0 Å². The van der Waals surface area contributed by atoms with Crippen LogP contribution in [0.2, 0.25) is 0 Å². The number of hydrogen-bond donors (Lipinski definition) is 1. The summed E-state index contributed by atoms with van der Waals surface area (Å²) < 4.78 is 0. The summed E-state index contributed by atoms with van der Waals surface area (Å²) in [5.41, 5.74) is 1.78. The maximum absolute atomic E-state index is 3.74. The van der Waals surface area contributed by atoms with E-state index >= 15 is 0 Å². The molecule has 1 aliphatic heterocycles. The molecule has 1 fully saturated rings. The number of nitrogens with zero attached hydrogens (tertiary/aromatic N) is 1. The average molecular weight is 288 g/mol. The minimum Gasteiger partial charge on any atom is -0.307 e. The van der Waals surface area contributed by atoms with Gasteiger partial charge in [0.05, 0.1) is 0 Å². The highest BCUT2D eigenvalue weighted by Gasteiger charge is 2.33. The number of piperazine rings is 1. The zero-order valence-corrected chi connectivity index (χ0v) is 14.4. The molecule has 2 atom stereocenters. The van der Waals surface area contributed by atoms with Crippen LogP contribution in [0.25, 0.3) is 0 Å². The van der Waals surface area contributed by atoms with Crippen molar-refractivity contribution in [3.8, 4) is 0 Å². The average Bonchev–Trinajstić information content (AvgIpc) is 2.47. The van der Waals surface area contributed by atoms with Crippen LogP contribution >= 0.6 is 0 Å². The Morgan fingerprint density at radius 1 is 1.24 bits per heavy atom. The molecule has 1 N–H and O–H groups in total. The topological polar surface area (TPSA) is 15.3 Å². The molecule has 1 saturated heterocycles. The lowest BCUT2D eigenvalue weighted by molar-refractivity contribution is 0.0618. The van der Waals surface area contributed by atoms with Gasteiger partial charge in [0.25, 0.3) is 0 Å². The fourth-order valence-electron chi connectivity index (χ4n) is 3.07. The van der Waals surface area contributed by atoms with Gasteiger partial charge >= 0.3 is 0 Å². The minimum atomic E-state index is 0.367. The van der Waals surface area contributed by atoms with Gasteiger partial charge in [-0.1, -0.05) is 65.0 Å². The first kappa shape index (κ1) is 16.5. The Labute approximate surface area is 130 Å². The summed E-state index contributed by atoms with van der Waals surface area (Å²) in [6, 6.07) is 12.0. The summed E-state index contributed by atoms with van der Waals surface area (Å²) in [7, 11) is 0. The molecule has 0 saturated carbocycles. The van der Waals surface area contributed by atoms with Gasteiger partial charge in [-0.3, -0.25) is 4.90 Å². The predicted octanol–water partition coefficient (Wildman–Crippen LogP) is 4.09. The van der Waals surface area contributed by atoms with Crippen molar-refractivity contribution in [2.24, 2.45) is 11.3 Å². The van der Waals surface area contributed by atoms with Crippen LogP contribution in [0.15, 0.2) is 30.3 Å². The van der Waals surface area contributed by atoms with Gasteiger partial charge in [-0.2, -0.15) is 0 Å². The van der Waals surface area contributed by atoms with Crippen LogP contribution in [0.5, 0.6) is 0 Å². The van der Waals surface area contributed by atoms with Crippen LogP contribution in [-0.2, 0) is 0 Å². The third-order valence-corrected chi connectivity index (χ3v) is 5.38. The first-order valence-electron chi connectivity index (χ1n) is 8.46. The SMILES string of the molecule is CCC1CNC(c2ccccc2)CN1CC(C)(C)C(C)C. The second-order valence-corrected chi connectivity index (χ2v) is 7.51. The molecule has 118 valence electrons. The molecule has 2 unspecified atom stereocenters. The van der Waals surface area contributed by atoms with Gasteiger partial charge in [0.2, 0.25) is 0 Å². The molecule has 2 nitrogen and oxygen atoms in total. The maximum atomic E-state index is 3.74. The van der Waals surface area contributed by atoms with E-state index in [0.29, 0.717) is 23.4 Å². The van der Waals surface area contributed by atoms with E-state index in [1.807, 2.05) is 0 Å². The summed E-state index contributed by atoms with van der Waals surface area (Å²) in [4.78, 5) is 2.72. The lowest BCUT2D eigenvalue weighted by atomic mass is 9.80. The molecule has 1 aromatic rings. The molecule has 0 amide bonds. The molecular formula is C19H32N2. The standard InChI is InChI=1S/C19H32N2/c1-6-17-12-20-18(16-10-8-7-9-11-16)13-21(17)14-19(4,5)15(2)3/h7-11,15,17-18,20H,6,12-14H2,1-5H3. The normalized spacial score (nSPS) is 24.5. The van der Waals surface area contributed by atoms with Gasteiger partial charge in [-0.25, -0.2) is 0 Å². The van der Waals surface area contributed by atoms with Gasteiger partial charge in [0, 0.05) is 31.7 Å². The molecule has 0 aromatic heterocycles. The molecule has 0 aliphatic carbocycles. The Balaban J connectivity index is 2.09. The summed E-state index contributed by atoms with van der Waals surface area (Å²) in [6.45, 7) is 15.2. The van der Waals surface area contributed by atoms with Gasteiger partial charge in [-0.05, 0) is 23.3 Å². The van der Waals surface area contributed by atoms with E-state index < -0.39 is 0 Å². The molecule has 0 radical (unpaired) electrons. The Morgan fingerprint density at radius 3 is 2.48 bits per heavy atom. The van der Waals surface area contributed by atoms with Crippen LogP contribution in [0, 0.1) is 11.3 Å². The van der Waals surface area contributed by atoms with E-state index in [0.717, 1.165) is 13.1 Å². The fraction of sp³-hybridized carbons (Fsp3) is 0.684. The zero-order chi connectivity index (χ0) is 15.5. The third kappa shape index (κ3) is 4.08. The van der Waals surface area contributed by atoms with E-state index in [1.165, 1.54) is 18.5 Å². The molecule has 21 heavy (non-hydrogen) atoms. The van der Waals surface area contributed by atoms with Gasteiger partial charge in [-0.15, -0.1) is 0 Å². The highest BCUT2D eigenvalue weighted by Crippen LogP contribution is 2.30. The van der Waals surface area contributed by atoms with Crippen LogP contribution in [0.1, 0.15) is 52.6 Å². The number of rotatable bonds is 5. The van der Waals surface area contributed by atoms with Crippen molar-refractivity contribution >= 4 is 0 Å². The van der Waals surface area contributed by atoms with E-state index in [9.17, 15) is 0 Å². The Hall–Kier alpha value is -0.860. The van der Waals surface area contributed by atoms with Crippen LogP contribution < -0.4 is 5.32 Å².